The van der Waals surface area contributed by atoms with Crippen LogP contribution in [0.4, 0.5) is 5.69 Å². The third-order valence-electron chi connectivity index (χ3n) is 4.38. The second-order valence-corrected chi connectivity index (χ2v) is 6.46. The molecule has 4 aromatic carbocycles. The Labute approximate surface area is 158 Å². The van der Waals surface area contributed by atoms with Crippen molar-refractivity contribution in [3.63, 3.8) is 0 Å². The summed E-state index contributed by atoms with van der Waals surface area (Å²) in [7, 11) is 0. The quantitative estimate of drug-likeness (QED) is 0.475. The minimum absolute atomic E-state index is 0.132. The van der Waals surface area contributed by atoms with Gasteiger partial charge in [0, 0.05) is 11.3 Å². The van der Waals surface area contributed by atoms with Gasteiger partial charge in [0.05, 0.1) is 0 Å². The smallest absolute Gasteiger partial charge is 0.255 e. The van der Waals surface area contributed by atoms with Crippen LogP contribution < -0.4 is 10.1 Å². The molecule has 3 nitrogen and oxygen atoms in total. The molecule has 0 spiro atoms. The van der Waals surface area contributed by atoms with Crippen LogP contribution in [0.25, 0.3) is 10.8 Å². The summed E-state index contributed by atoms with van der Waals surface area (Å²) in [4.78, 5) is 12.5. The third-order valence-corrected chi connectivity index (χ3v) is 4.38. The van der Waals surface area contributed by atoms with Gasteiger partial charge in [-0.2, -0.15) is 0 Å². The van der Waals surface area contributed by atoms with Crippen molar-refractivity contribution in [2.45, 2.75) is 6.92 Å². The van der Waals surface area contributed by atoms with Gasteiger partial charge in [0.2, 0.25) is 0 Å². The predicted octanol–water partition coefficient (Wildman–Crippen LogP) is 6.19. The maximum absolute atomic E-state index is 12.5. The highest BCUT2D eigenvalue weighted by Gasteiger charge is 2.07. The van der Waals surface area contributed by atoms with Crippen molar-refractivity contribution in [1.29, 1.82) is 0 Å². The highest BCUT2D eigenvalue weighted by atomic mass is 16.5. The number of anilines is 1. The molecule has 132 valence electrons. The number of rotatable bonds is 4. The van der Waals surface area contributed by atoms with E-state index in [-0.39, 0.29) is 5.91 Å². The van der Waals surface area contributed by atoms with Gasteiger partial charge in [-0.3, -0.25) is 4.79 Å². The normalized spacial score (nSPS) is 10.6. The van der Waals surface area contributed by atoms with E-state index >= 15 is 0 Å². The molecule has 0 aliphatic rings. The maximum atomic E-state index is 12.5. The third kappa shape index (κ3) is 3.98. The number of carbonyl (C=O) groups excluding carboxylic acids is 1. The summed E-state index contributed by atoms with van der Waals surface area (Å²) in [6.07, 6.45) is 0. The lowest BCUT2D eigenvalue weighted by molar-refractivity contribution is 0.102. The fraction of sp³-hybridized carbons (Fsp3) is 0.0417. The van der Waals surface area contributed by atoms with Crippen molar-refractivity contribution >= 4 is 22.4 Å². The summed E-state index contributed by atoms with van der Waals surface area (Å²) in [5.74, 6) is 1.38. The topological polar surface area (TPSA) is 38.3 Å². The zero-order chi connectivity index (χ0) is 18.6. The van der Waals surface area contributed by atoms with Crippen molar-refractivity contribution < 1.29 is 9.53 Å². The van der Waals surface area contributed by atoms with Crippen LogP contribution in [0.3, 0.4) is 0 Å². The lowest BCUT2D eigenvalue weighted by Crippen LogP contribution is -2.11. The summed E-state index contributed by atoms with van der Waals surface area (Å²) in [5.41, 5.74) is 2.55. The lowest BCUT2D eigenvalue weighted by Gasteiger charge is -2.09. The minimum Gasteiger partial charge on any atom is -0.457 e. The Morgan fingerprint density at radius 2 is 1.37 bits per heavy atom. The van der Waals surface area contributed by atoms with E-state index in [0.717, 1.165) is 28.0 Å². The molecule has 0 saturated carbocycles. The van der Waals surface area contributed by atoms with E-state index in [1.807, 2.05) is 97.9 Å². The average Bonchev–Trinajstić information content (AvgIpc) is 2.71. The van der Waals surface area contributed by atoms with Crippen molar-refractivity contribution in [3.05, 3.63) is 102 Å². The van der Waals surface area contributed by atoms with Gasteiger partial charge in [-0.15, -0.1) is 0 Å². The standard InChI is InChI=1S/C24H19NO2/c1-17-6-12-22(13-7-17)27-23-14-10-21(11-15-23)25-24(26)20-9-8-18-4-2-3-5-19(18)16-20/h2-16H,1H3,(H,25,26). The monoisotopic (exact) mass is 353 g/mol. The SMILES string of the molecule is Cc1ccc(Oc2ccc(NC(=O)c3ccc4ccccc4c3)cc2)cc1. The summed E-state index contributed by atoms with van der Waals surface area (Å²) in [6.45, 7) is 2.04. The molecule has 0 aliphatic heterocycles. The highest BCUT2D eigenvalue weighted by Crippen LogP contribution is 2.24. The number of carbonyl (C=O) groups is 1. The molecule has 0 radical (unpaired) electrons. The first-order valence-corrected chi connectivity index (χ1v) is 8.82. The molecule has 27 heavy (non-hydrogen) atoms. The molecule has 0 unspecified atom stereocenters. The largest absolute Gasteiger partial charge is 0.457 e. The molecule has 0 fully saturated rings. The summed E-state index contributed by atoms with van der Waals surface area (Å²) < 4.78 is 5.81. The van der Waals surface area contributed by atoms with E-state index in [9.17, 15) is 4.79 Å². The van der Waals surface area contributed by atoms with Crippen LogP contribution in [0.2, 0.25) is 0 Å². The van der Waals surface area contributed by atoms with E-state index in [1.165, 1.54) is 5.56 Å². The Morgan fingerprint density at radius 3 is 2.07 bits per heavy atom. The molecular weight excluding hydrogens is 334 g/mol. The highest BCUT2D eigenvalue weighted by molar-refractivity contribution is 6.06. The zero-order valence-corrected chi connectivity index (χ0v) is 15.0. The van der Waals surface area contributed by atoms with Gasteiger partial charge >= 0.3 is 0 Å². The molecule has 1 N–H and O–H groups in total. The van der Waals surface area contributed by atoms with Crippen LogP contribution in [0.5, 0.6) is 11.5 Å². The van der Waals surface area contributed by atoms with Crippen LogP contribution >= 0.6 is 0 Å². The Bertz CT molecular complexity index is 1080. The Kier molecular flexibility index (Phi) is 4.58. The molecule has 0 heterocycles. The molecule has 0 atom stereocenters. The molecule has 0 bridgehead atoms. The van der Waals surface area contributed by atoms with Crippen LogP contribution in [-0.2, 0) is 0 Å². The number of nitrogens with one attached hydrogen (secondary N) is 1. The van der Waals surface area contributed by atoms with Crippen LogP contribution in [0.1, 0.15) is 15.9 Å². The van der Waals surface area contributed by atoms with Crippen LogP contribution in [0.15, 0.2) is 91.0 Å². The average molecular weight is 353 g/mol. The Hall–Kier alpha value is -3.59. The lowest BCUT2D eigenvalue weighted by atomic mass is 10.1. The number of hydrogen-bond acceptors (Lipinski definition) is 2. The fourth-order valence-electron chi connectivity index (χ4n) is 2.88. The first kappa shape index (κ1) is 16.9. The van der Waals surface area contributed by atoms with Gasteiger partial charge in [-0.1, -0.05) is 48.0 Å². The van der Waals surface area contributed by atoms with Gasteiger partial charge in [0.15, 0.2) is 0 Å². The predicted molar refractivity (Wildman–Crippen MR) is 110 cm³/mol. The van der Waals surface area contributed by atoms with Crippen molar-refractivity contribution in [2.24, 2.45) is 0 Å². The van der Waals surface area contributed by atoms with E-state index in [4.69, 9.17) is 4.74 Å². The van der Waals surface area contributed by atoms with E-state index < -0.39 is 0 Å². The molecule has 0 aromatic heterocycles. The molecule has 3 heteroatoms. The summed E-state index contributed by atoms with van der Waals surface area (Å²) in [5, 5.41) is 5.09. The molecule has 4 aromatic rings. The number of fused-ring (bicyclic) bond motifs is 1. The number of aryl methyl sites for hydroxylation is 1. The summed E-state index contributed by atoms with van der Waals surface area (Å²) >= 11 is 0. The maximum Gasteiger partial charge on any atom is 0.255 e. The van der Waals surface area contributed by atoms with Crippen molar-refractivity contribution in [2.75, 3.05) is 5.32 Å². The number of ether oxygens (including phenoxy) is 1. The first-order valence-electron chi connectivity index (χ1n) is 8.82. The van der Waals surface area contributed by atoms with Crippen LogP contribution in [0, 0.1) is 6.92 Å². The number of amides is 1. The number of benzene rings is 4. The number of hydrogen-bond donors (Lipinski definition) is 1. The van der Waals surface area contributed by atoms with Crippen molar-refractivity contribution in [1.82, 2.24) is 0 Å². The van der Waals surface area contributed by atoms with E-state index in [0.29, 0.717) is 5.56 Å². The summed E-state index contributed by atoms with van der Waals surface area (Å²) in [6, 6.07) is 28.9. The van der Waals surface area contributed by atoms with Gasteiger partial charge in [-0.25, -0.2) is 0 Å². The Morgan fingerprint density at radius 1 is 0.741 bits per heavy atom. The molecule has 0 saturated heterocycles. The van der Waals surface area contributed by atoms with Gasteiger partial charge < -0.3 is 10.1 Å². The molecule has 4 rings (SSSR count). The second kappa shape index (κ2) is 7.34. The van der Waals surface area contributed by atoms with Gasteiger partial charge in [0.1, 0.15) is 11.5 Å². The van der Waals surface area contributed by atoms with E-state index in [1.54, 1.807) is 0 Å². The van der Waals surface area contributed by atoms with Gasteiger partial charge in [-0.05, 0) is 66.2 Å². The first-order chi connectivity index (χ1) is 13.2. The molecule has 0 aliphatic carbocycles. The Balaban J connectivity index is 1.45. The van der Waals surface area contributed by atoms with Gasteiger partial charge in [0.25, 0.3) is 5.91 Å². The fourth-order valence-corrected chi connectivity index (χ4v) is 2.88. The second-order valence-electron chi connectivity index (χ2n) is 6.46. The zero-order valence-electron chi connectivity index (χ0n) is 15.0. The van der Waals surface area contributed by atoms with Crippen molar-refractivity contribution in [3.8, 4) is 11.5 Å². The minimum atomic E-state index is -0.132. The molecule has 1 amide bonds. The van der Waals surface area contributed by atoms with E-state index in [2.05, 4.69) is 5.32 Å². The molecular formula is C24H19NO2. The van der Waals surface area contributed by atoms with Crippen LogP contribution in [-0.4, -0.2) is 5.91 Å².